The van der Waals surface area contributed by atoms with E-state index in [1.54, 1.807) is 11.1 Å². The third-order valence-corrected chi connectivity index (χ3v) is 4.33. The molecule has 6 nitrogen and oxygen atoms in total. The molecule has 0 saturated heterocycles. The summed E-state index contributed by atoms with van der Waals surface area (Å²) in [4.78, 5) is 18.4. The lowest BCUT2D eigenvalue weighted by molar-refractivity contribution is 0.0270. The molecule has 29 heavy (non-hydrogen) atoms. The molecule has 1 amide bonds. The van der Waals surface area contributed by atoms with Crippen LogP contribution in [-0.4, -0.2) is 41.3 Å². The van der Waals surface area contributed by atoms with Gasteiger partial charge in [-0.25, -0.2) is 9.78 Å². The number of rotatable bonds is 5. The van der Waals surface area contributed by atoms with E-state index in [0.29, 0.717) is 43.5 Å². The summed E-state index contributed by atoms with van der Waals surface area (Å²) < 4.78 is 17.2. The molecule has 0 spiro atoms. The zero-order valence-corrected chi connectivity index (χ0v) is 17.5. The van der Waals surface area contributed by atoms with Crippen LogP contribution >= 0.6 is 0 Å². The van der Waals surface area contributed by atoms with Crippen LogP contribution in [0, 0.1) is 0 Å². The molecule has 1 aliphatic rings. The number of amides is 1. The summed E-state index contributed by atoms with van der Waals surface area (Å²) in [6, 6.07) is 11.4. The molecule has 2 heterocycles. The maximum atomic E-state index is 12.3. The smallest absolute Gasteiger partial charge is 0.410 e. The molecule has 0 atom stereocenters. The van der Waals surface area contributed by atoms with Gasteiger partial charge in [-0.05, 0) is 64.0 Å². The number of hydrogen-bond acceptors (Lipinski definition) is 5. The standard InChI is InChI=1S/C23H28N2O4/c1-5-27-19-10-6-7-11-20(19)28-21-18(9-8-14-24-21)17-12-15-25(16-13-17)22(26)29-23(2,3)4/h6-12,14H,5,13,15-16H2,1-4H3. The second kappa shape index (κ2) is 8.99. The SMILES string of the molecule is CCOc1ccccc1Oc1ncccc1C1=CCN(C(=O)OC(C)(C)C)CC1. The van der Waals surface area contributed by atoms with Crippen LogP contribution in [0.2, 0.25) is 0 Å². The van der Waals surface area contributed by atoms with Crippen molar-refractivity contribution in [3.05, 3.63) is 54.2 Å². The van der Waals surface area contributed by atoms with E-state index in [4.69, 9.17) is 14.2 Å². The van der Waals surface area contributed by atoms with E-state index in [0.717, 1.165) is 11.1 Å². The number of pyridine rings is 1. The largest absolute Gasteiger partial charge is 0.490 e. The van der Waals surface area contributed by atoms with Crippen LogP contribution in [0.4, 0.5) is 4.79 Å². The van der Waals surface area contributed by atoms with E-state index in [1.165, 1.54) is 0 Å². The van der Waals surface area contributed by atoms with Crippen LogP contribution in [0.5, 0.6) is 17.4 Å². The van der Waals surface area contributed by atoms with Crippen molar-refractivity contribution in [3.63, 3.8) is 0 Å². The molecule has 6 heteroatoms. The number of nitrogens with zero attached hydrogens (tertiary/aromatic N) is 2. The number of benzene rings is 1. The Kier molecular flexibility index (Phi) is 6.42. The minimum Gasteiger partial charge on any atom is -0.490 e. The maximum absolute atomic E-state index is 12.3. The molecule has 154 valence electrons. The van der Waals surface area contributed by atoms with Crippen LogP contribution in [-0.2, 0) is 4.74 Å². The van der Waals surface area contributed by atoms with Gasteiger partial charge in [-0.1, -0.05) is 18.2 Å². The van der Waals surface area contributed by atoms with Gasteiger partial charge in [-0.2, -0.15) is 0 Å². The lowest BCUT2D eigenvalue weighted by Gasteiger charge is -2.29. The molecule has 1 aliphatic heterocycles. The van der Waals surface area contributed by atoms with Gasteiger partial charge in [0.1, 0.15) is 5.60 Å². The van der Waals surface area contributed by atoms with E-state index < -0.39 is 5.60 Å². The first-order valence-electron chi connectivity index (χ1n) is 9.89. The van der Waals surface area contributed by atoms with Gasteiger partial charge < -0.3 is 19.1 Å². The number of ether oxygens (including phenoxy) is 3. The summed E-state index contributed by atoms with van der Waals surface area (Å²) in [7, 11) is 0. The highest BCUT2D eigenvalue weighted by molar-refractivity contribution is 5.74. The molecular weight excluding hydrogens is 368 g/mol. The molecule has 2 aromatic rings. The summed E-state index contributed by atoms with van der Waals surface area (Å²) in [6.07, 6.45) is 4.15. The van der Waals surface area contributed by atoms with E-state index in [1.807, 2.05) is 70.2 Å². The van der Waals surface area contributed by atoms with Crippen LogP contribution < -0.4 is 9.47 Å². The highest BCUT2D eigenvalue weighted by atomic mass is 16.6. The minimum atomic E-state index is -0.501. The summed E-state index contributed by atoms with van der Waals surface area (Å²) in [6.45, 7) is 9.19. The molecule has 0 aliphatic carbocycles. The zero-order valence-electron chi connectivity index (χ0n) is 17.5. The lowest BCUT2D eigenvalue weighted by Crippen LogP contribution is -2.39. The number of aromatic nitrogens is 1. The van der Waals surface area contributed by atoms with Crippen molar-refractivity contribution in [1.29, 1.82) is 0 Å². The van der Waals surface area contributed by atoms with Crippen molar-refractivity contribution >= 4 is 11.7 Å². The van der Waals surface area contributed by atoms with Crippen LogP contribution in [0.25, 0.3) is 5.57 Å². The van der Waals surface area contributed by atoms with Gasteiger partial charge in [0.15, 0.2) is 11.5 Å². The van der Waals surface area contributed by atoms with Crippen LogP contribution in [0.3, 0.4) is 0 Å². The van der Waals surface area contributed by atoms with Crippen molar-refractivity contribution in [2.75, 3.05) is 19.7 Å². The Morgan fingerprint density at radius 2 is 1.90 bits per heavy atom. The fraction of sp³-hybridized carbons (Fsp3) is 0.391. The quantitative estimate of drug-likeness (QED) is 0.687. The Morgan fingerprint density at radius 3 is 2.55 bits per heavy atom. The average molecular weight is 396 g/mol. The van der Waals surface area contributed by atoms with Gasteiger partial charge in [-0.15, -0.1) is 0 Å². The van der Waals surface area contributed by atoms with Gasteiger partial charge in [-0.3, -0.25) is 0 Å². The summed E-state index contributed by atoms with van der Waals surface area (Å²) >= 11 is 0. The summed E-state index contributed by atoms with van der Waals surface area (Å²) in [5.74, 6) is 1.83. The maximum Gasteiger partial charge on any atom is 0.410 e. The molecule has 0 radical (unpaired) electrons. The third kappa shape index (κ3) is 5.50. The molecule has 0 unspecified atom stereocenters. The average Bonchev–Trinajstić information content (AvgIpc) is 2.69. The van der Waals surface area contributed by atoms with Gasteiger partial charge >= 0.3 is 6.09 Å². The molecule has 0 bridgehead atoms. The van der Waals surface area contributed by atoms with Crippen molar-refractivity contribution < 1.29 is 19.0 Å². The van der Waals surface area contributed by atoms with Crippen molar-refractivity contribution in [1.82, 2.24) is 9.88 Å². The Morgan fingerprint density at radius 1 is 1.14 bits per heavy atom. The van der Waals surface area contributed by atoms with Gasteiger partial charge in [0.25, 0.3) is 0 Å². The Hall–Kier alpha value is -3.02. The Balaban J connectivity index is 1.77. The second-order valence-corrected chi connectivity index (χ2v) is 7.74. The number of carbonyl (C=O) groups excluding carboxylic acids is 1. The van der Waals surface area contributed by atoms with E-state index in [2.05, 4.69) is 4.98 Å². The van der Waals surface area contributed by atoms with Crippen molar-refractivity contribution in [2.45, 2.75) is 39.7 Å². The molecule has 3 rings (SSSR count). The minimum absolute atomic E-state index is 0.291. The van der Waals surface area contributed by atoms with Crippen LogP contribution in [0.1, 0.15) is 39.7 Å². The summed E-state index contributed by atoms with van der Waals surface area (Å²) in [5, 5.41) is 0. The number of hydrogen-bond donors (Lipinski definition) is 0. The first-order valence-corrected chi connectivity index (χ1v) is 9.89. The predicted molar refractivity (Wildman–Crippen MR) is 112 cm³/mol. The van der Waals surface area contributed by atoms with E-state index >= 15 is 0 Å². The first-order chi connectivity index (χ1) is 13.9. The van der Waals surface area contributed by atoms with E-state index in [9.17, 15) is 4.79 Å². The molecule has 0 saturated carbocycles. The van der Waals surface area contributed by atoms with Crippen molar-refractivity contribution in [3.8, 4) is 17.4 Å². The normalized spacial score (nSPS) is 14.2. The van der Waals surface area contributed by atoms with Gasteiger partial charge in [0.2, 0.25) is 5.88 Å². The molecule has 0 fully saturated rings. The Bertz CT molecular complexity index is 886. The predicted octanol–water partition coefficient (Wildman–Crippen LogP) is 5.30. The lowest BCUT2D eigenvalue weighted by atomic mass is 10.0. The van der Waals surface area contributed by atoms with Gasteiger partial charge in [0.05, 0.1) is 6.61 Å². The second-order valence-electron chi connectivity index (χ2n) is 7.74. The molecular formula is C23H28N2O4. The zero-order chi connectivity index (χ0) is 20.9. The fourth-order valence-electron chi connectivity index (χ4n) is 3.04. The van der Waals surface area contributed by atoms with Crippen molar-refractivity contribution in [2.24, 2.45) is 0 Å². The number of para-hydroxylation sites is 2. The third-order valence-electron chi connectivity index (χ3n) is 4.33. The Labute approximate surface area is 172 Å². The highest BCUT2D eigenvalue weighted by Gasteiger charge is 2.25. The summed E-state index contributed by atoms with van der Waals surface area (Å²) in [5.41, 5.74) is 1.52. The first kappa shape index (κ1) is 20.7. The highest BCUT2D eigenvalue weighted by Crippen LogP contribution is 2.35. The monoisotopic (exact) mass is 396 g/mol. The molecule has 0 N–H and O–H groups in total. The topological polar surface area (TPSA) is 60.9 Å². The molecule has 1 aromatic heterocycles. The van der Waals surface area contributed by atoms with Gasteiger partial charge in [0, 0.05) is 24.8 Å². The molecule has 1 aromatic carbocycles. The van der Waals surface area contributed by atoms with E-state index in [-0.39, 0.29) is 6.09 Å². The number of carbonyl (C=O) groups is 1. The fourth-order valence-corrected chi connectivity index (χ4v) is 3.04. The van der Waals surface area contributed by atoms with Crippen LogP contribution in [0.15, 0.2) is 48.7 Å².